The number of carbonyl (C=O) groups is 1. The van der Waals surface area contributed by atoms with Gasteiger partial charge in [-0.2, -0.15) is 5.10 Å². The van der Waals surface area contributed by atoms with Crippen LogP contribution in [0.5, 0.6) is 0 Å². The standard InChI is InChI=1S/C15H15N3O2/c1-11-5-6-14(12(8-11)4-2-3-7-19)18-15(20)13-9-16-17-10-13/h5-6,8-10,19H,3,7H2,1H3,(H,16,17)(H,18,20). The molecule has 0 saturated heterocycles. The average molecular weight is 269 g/mol. The third kappa shape index (κ3) is 3.46. The lowest BCUT2D eigenvalue weighted by Gasteiger charge is -2.07. The normalized spacial score (nSPS) is 9.70. The first-order valence-corrected chi connectivity index (χ1v) is 6.21. The molecule has 0 aliphatic rings. The molecule has 0 aliphatic carbocycles. The molecule has 20 heavy (non-hydrogen) atoms. The van der Waals surface area contributed by atoms with E-state index in [0.29, 0.717) is 17.7 Å². The summed E-state index contributed by atoms with van der Waals surface area (Å²) in [4.78, 5) is 12.0. The van der Waals surface area contributed by atoms with Crippen LogP contribution >= 0.6 is 0 Å². The van der Waals surface area contributed by atoms with Gasteiger partial charge in [0.25, 0.3) is 5.91 Å². The molecule has 1 aromatic carbocycles. The van der Waals surface area contributed by atoms with E-state index in [9.17, 15) is 4.79 Å². The minimum Gasteiger partial charge on any atom is -0.395 e. The zero-order chi connectivity index (χ0) is 14.4. The molecule has 3 N–H and O–H groups in total. The number of nitrogens with zero attached hydrogens (tertiary/aromatic N) is 1. The zero-order valence-corrected chi connectivity index (χ0v) is 11.1. The van der Waals surface area contributed by atoms with Crippen molar-refractivity contribution in [3.63, 3.8) is 0 Å². The molecular formula is C15H15N3O2. The van der Waals surface area contributed by atoms with Gasteiger partial charge in [-0.1, -0.05) is 17.9 Å². The molecule has 0 atom stereocenters. The van der Waals surface area contributed by atoms with Crippen LogP contribution in [0.3, 0.4) is 0 Å². The summed E-state index contributed by atoms with van der Waals surface area (Å²) in [6.07, 6.45) is 3.39. The zero-order valence-electron chi connectivity index (χ0n) is 11.1. The van der Waals surface area contributed by atoms with E-state index < -0.39 is 0 Å². The summed E-state index contributed by atoms with van der Waals surface area (Å²) in [7, 11) is 0. The van der Waals surface area contributed by atoms with Crippen LogP contribution in [0.2, 0.25) is 0 Å². The van der Waals surface area contributed by atoms with Crippen molar-refractivity contribution in [2.24, 2.45) is 0 Å². The Balaban J connectivity index is 2.23. The molecule has 2 rings (SSSR count). The first kappa shape index (κ1) is 13.8. The molecule has 5 nitrogen and oxygen atoms in total. The predicted octanol–water partition coefficient (Wildman–Crippen LogP) is 1.70. The number of anilines is 1. The Labute approximate surface area is 117 Å². The highest BCUT2D eigenvalue weighted by molar-refractivity contribution is 6.04. The third-order valence-electron chi connectivity index (χ3n) is 2.64. The van der Waals surface area contributed by atoms with Crippen molar-refractivity contribution >= 4 is 11.6 Å². The smallest absolute Gasteiger partial charge is 0.258 e. The summed E-state index contributed by atoms with van der Waals surface area (Å²) in [6.45, 7) is 1.98. The second-order valence-corrected chi connectivity index (χ2v) is 4.27. The van der Waals surface area contributed by atoms with Crippen LogP contribution in [0.1, 0.15) is 27.9 Å². The topological polar surface area (TPSA) is 78.0 Å². The van der Waals surface area contributed by atoms with Gasteiger partial charge in [0.1, 0.15) is 0 Å². The Bertz CT molecular complexity index is 651. The summed E-state index contributed by atoms with van der Waals surface area (Å²) in [5, 5.41) is 17.9. The van der Waals surface area contributed by atoms with Gasteiger partial charge in [0, 0.05) is 18.2 Å². The molecule has 0 spiro atoms. The van der Waals surface area contributed by atoms with Crippen molar-refractivity contribution < 1.29 is 9.90 Å². The Morgan fingerprint density at radius 1 is 1.50 bits per heavy atom. The van der Waals surface area contributed by atoms with Gasteiger partial charge in [0.2, 0.25) is 0 Å². The van der Waals surface area contributed by atoms with Gasteiger partial charge in [-0.3, -0.25) is 9.89 Å². The summed E-state index contributed by atoms with van der Waals surface area (Å²) in [5.74, 6) is 5.57. The van der Waals surface area contributed by atoms with E-state index in [1.54, 1.807) is 0 Å². The molecule has 0 fully saturated rings. The highest BCUT2D eigenvalue weighted by Gasteiger charge is 2.09. The number of rotatable bonds is 3. The Morgan fingerprint density at radius 2 is 2.35 bits per heavy atom. The molecule has 0 unspecified atom stereocenters. The quantitative estimate of drug-likeness (QED) is 0.742. The number of nitrogens with one attached hydrogen (secondary N) is 2. The summed E-state index contributed by atoms with van der Waals surface area (Å²) in [6, 6.07) is 5.62. The van der Waals surface area contributed by atoms with Crippen LogP contribution in [0.4, 0.5) is 5.69 Å². The van der Waals surface area contributed by atoms with E-state index in [2.05, 4.69) is 27.4 Å². The van der Waals surface area contributed by atoms with Crippen LogP contribution < -0.4 is 5.32 Å². The van der Waals surface area contributed by atoms with Crippen molar-refractivity contribution in [1.82, 2.24) is 10.2 Å². The van der Waals surface area contributed by atoms with Gasteiger partial charge in [-0.05, 0) is 24.6 Å². The van der Waals surface area contributed by atoms with Gasteiger partial charge in [-0.25, -0.2) is 0 Å². The van der Waals surface area contributed by atoms with Crippen molar-refractivity contribution in [1.29, 1.82) is 0 Å². The molecule has 1 heterocycles. The maximum atomic E-state index is 12.0. The van der Waals surface area contributed by atoms with Crippen molar-refractivity contribution in [3.05, 3.63) is 47.3 Å². The van der Waals surface area contributed by atoms with E-state index >= 15 is 0 Å². The van der Waals surface area contributed by atoms with Crippen LogP contribution in [0.25, 0.3) is 0 Å². The Kier molecular flexibility index (Phi) is 4.53. The summed E-state index contributed by atoms with van der Waals surface area (Å²) < 4.78 is 0. The number of aryl methyl sites for hydroxylation is 1. The fourth-order valence-electron chi connectivity index (χ4n) is 1.65. The molecule has 2 aromatic rings. The number of amides is 1. The minimum atomic E-state index is -0.243. The summed E-state index contributed by atoms with van der Waals surface area (Å²) >= 11 is 0. The number of carbonyl (C=O) groups excluding carboxylic acids is 1. The second kappa shape index (κ2) is 6.55. The molecule has 0 radical (unpaired) electrons. The minimum absolute atomic E-state index is 0.0233. The second-order valence-electron chi connectivity index (χ2n) is 4.27. The number of aliphatic hydroxyl groups is 1. The maximum Gasteiger partial charge on any atom is 0.258 e. The van der Waals surface area contributed by atoms with E-state index in [0.717, 1.165) is 11.1 Å². The van der Waals surface area contributed by atoms with Gasteiger partial charge in [0.15, 0.2) is 0 Å². The highest BCUT2D eigenvalue weighted by atomic mass is 16.2. The Morgan fingerprint density at radius 3 is 3.05 bits per heavy atom. The first-order valence-electron chi connectivity index (χ1n) is 6.21. The molecule has 5 heteroatoms. The average Bonchev–Trinajstić information content (AvgIpc) is 2.96. The molecule has 102 valence electrons. The van der Waals surface area contributed by atoms with E-state index in [1.807, 2.05) is 25.1 Å². The lowest BCUT2D eigenvalue weighted by atomic mass is 10.1. The van der Waals surface area contributed by atoms with E-state index in [1.165, 1.54) is 12.4 Å². The molecule has 1 aromatic heterocycles. The van der Waals surface area contributed by atoms with Crippen molar-refractivity contribution in [3.8, 4) is 11.8 Å². The largest absolute Gasteiger partial charge is 0.395 e. The van der Waals surface area contributed by atoms with Crippen LogP contribution in [0, 0.1) is 18.8 Å². The Hall–Kier alpha value is -2.58. The number of aliphatic hydroxyl groups excluding tert-OH is 1. The summed E-state index contributed by atoms with van der Waals surface area (Å²) in [5.41, 5.74) is 2.89. The van der Waals surface area contributed by atoms with E-state index in [-0.39, 0.29) is 12.5 Å². The third-order valence-corrected chi connectivity index (χ3v) is 2.64. The number of aromatic nitrogens is 2. The SMILES string of the molecule is Cc1ccc(NC(=O)c2cn[nH]c2)c(C#CCCO)c1. The fraction of sp³-hybridized carbons (Fsp3) is 0.200. The van der Waals surface area contributed by atoms with Crippen LogP contribution in [-0.2, 0) is 0 Å². The number of hydrogen-bond donors (Lipinski definition) is 3. The maximum absolute atomic E-state index is 12.0. The molecule has 0 aliphatic heterocycles. The van der Waals surface area contributed by atoms with Crippen LogP contribution in [-0.4, -0.2) is 27.8 Å². The highest BCUT2D eigenvalue weighted by Crippen LogP contribution is 2.17. The van der Waals surface area contributed by atoms with E-state index in [4.69, 9.17) is 5.11 Å². The number of hydrogen-bond acceptors (Lipinski definition) is 3. The van der Waals surface area contributed by atoms with Gasteiger partial charge < -0.3 is 10.4 Å². The molecule has 0 bridgehead atoms. The number of aromatic amines is 1. The van der Waals surface area contributed by atoms with Crippen molar-refractivity contribution in [2.75, 3.05) is 11.9 Å². The van der Waals surface area contributed by atoms with Crippen molar-refractivity contribution in [2.45, 2.75) is 13.3 Å². The van der Waals surface area contributed by atoms with Gasteiger partial charge in [-0.15, -0.1) is 0 Å². The molecular weight excluding hydrogens is 254 g/mol. The lowest BCUT2D eigenvalue weighted by molar-refractivity contribution is 0.102. The predicted molar refractivity (Wildman–Crippen MR) is 76.3 cm³/mol. The van der Waals surface area contributed by atoms with Gasteiger partial charge in [0.05, 0.1) is 24.1 Å². The monoisotopic (exact) mass is 269 g/mol. The lowest BCUT2D eigenvalue weighted by Crippen LogP contribution is -2.12. The molecule has 1 amide bonds. The number of H-pyrrole nitrogens is 1. The number of benzene rings is 1. The first-order chi connectivity index (χ1) is 9.70. The van der Waals surface area contributed by atoms with Crippen LogP contribution in [0.15, 0.2) is 30.6 Å². The molecule has 0 saturated carbocycles. The van der Waals surface area contributed by atoms with Gasteiger partial charge >= 0.3 is 0 Å². The fourth-order valence-corrected chi connectivity index (χ4v) is 1.65.